The summed E-state index contributed by atoms with van der Waals surface area (Å²) in [6.45, 7) is 7.16. The number of piperazine rings is 1. The van der Waals surface area contributed by atoms with Gasteiger partial charge in [0.05, 0.1) is 26.3 Å². The number of amides is 1. The fourth-order valence-corrected chi connectivity index (χ4v) is 3.96. The Balaban J connectivity index is 1.77. The van der Waals surface area contributed by atoms with Crippen molar-refractivity contribution in [3.63, 3.8) is 0 Å². The van der Waals surface area contributed by atoms with Gasteiger partial charge in [0.25, 0.3) is 5.91 Å². The van der Waals surface area contributed by atoms with E-state index in [0.29, 0.717) is 22.9 Å². The number of halogens is 1. The highest BCUT2D eigenvalue weighted by Gasteiger charge is 2.30. The first kappa shape index (κ1) is 20.6. The number of aryl methyl sites for hydroxylation is 1. The second-order valence-electron chi connectivity index (χ2n) is 7.63. The van der Waals surface area contributed by atoms with E-state index in [4.69, 9.17) is 16.3 Å². The van der Waals surface area contributed by atoms with Gasteiger partial charge < -0.3 is 19.9 Å². The SMILES string of the molecule is COc1ccc(Cl)cc1C(=O)NC[C@@H](c1ccc(C)cc1)[NH+]1CC[NH+](C)CC1. The number of hydrogen-bond donors (Lipinski definition) is 3. The number of hydrogen-bond acceptors (Lipinski definition) is 2. The summed E-state index contributed by atoms with van der Waals surface area (Å²) >= 11 is 6.08. The van der Waals surface area contributed by atoms with E-state index in [9.17, 15) is 4.79 Å². The van der Waals surface area contributed by atoms with Crippen molar-refractivity contribution in [1.82, 2.24) is 5.32 Å². The molecule has 0 aromatic heterocycles. The Morgan fingerprint density at radius 3 is 2.46 bits per heavy atom. The van der Waals surface area contributed by atoms with Crippen molar-refractivity contribution in [3.8, 4) is 5.75 Å². The van der Waals surface area contributed by atoms with Crippen molar-refractivity contribution in [2.75, 3.05) is 46.9 Å². The van der Waals surface area contributed by atoms with Gasteiger partial charge in [-0.25, -0.2) is 0 Å². The first-order valence-electron chi connectivity index (χ1n) is 9.82. The van der Waals surface area contributed by atoms with Crippen LogP contribution in [0.15, 0.2) is 42.5 Å². The van der Waals surface area contributed by atoms with E-state index < -0.39 is 0 Å². The molecular formula is C22H30ClN3O2+2. The van der Waals surface area contributed by atoms with Crippen LogP contribution in [0.2, 0.25) is 5.02 Å². The third kappa shape index (κ3) is 5.04. The first-order chi connectivity index (χ1) is 13.5. The molecule has 3 rings (SSSR count). The molecule has 0 spiro atoms. The quantitative estimate of drug-likeness (QED) is 0.659. The largest absolute Gasteiger partial charge is 0.496 e. The molecular weight excluding hydrogens is 374 g/mol. The van der Waals surface area contributed by atoms with E-state index in [-0.39, 0.29) is 11.9 Å². The number of nitrogens with one attached hydrogen (secondary N) is 3. The highest BCUT2D eigenvalue weighted by molar-refractivity contribution is 6.31. The summed E-state index contributed by atoms with van der Waals surface area (Å²) in [5.41, 5.74) is 2.97. The van der Waals surface area contributed by atoms with E-state index in [2.05, 4.69) is 43.6 Å². The third-order valence-corrected chi connectivity index (χ3v) is 5.83. The van der Waals surface area contributed by atoms with E-state index in [1.807, 2.05) is 0 Å². The lowest BCUT2D eigenvalue weighted by Gasteiger charge is -2.33. The highest BCUT2D eigenvalue weighted by Crippen LogP contribution is 2.22. The zero-order valence-corrected chi connectivity index (χ0v) is 17.6. The van der Waals surface area contributed by atoms with Gasteiger partial charge in [-0.2, -0.15) is 0 Å². The molecule has 0 bridgehead atoms. The molecule has 1 heterocycles. The first-order valence-corrected chi connectivity index (χ1v) is 10.2. The molecule has 1 aliphatic rings. The predicted molar refractivity (Wildman–Crippen MR) is 112 cm³/mol. The lowest BCUT2D eigenvalue weighted by atomic mass is 10.0. The van der Waals surface area contributed by atoms with Crippen LogP contribution in [0.25, 0.3) is 0 Å². The van der Waals surface area contributed by atoms with Gasteiger partial charge in [-0.05, 0) is 25.1 Å². The molecule has 28 heavy (non-hydrogen) atoms. The second kappa shape index (κ2) is 9.41. The van der Waals surface area contributed by atoms with Crippen LogP contribution in [0.4, 0.5) is 0 Å². The molecule has 1 amide bonds. The molecule has 0 radical (unpaired) electrons. The Labute approximate surface area is 172 Å². The Kier molecular flexibility index (Phi) is 6.94. The van der Waals surface area contributed by atoms with E-state index in [1.54, 1.807) is 30.2 Å². The van der Waals surface area contributed by atoms with Gasteiger partial charge in [-0.15, -0.1) is 0 Å². The van der Waals surface area contributed by atoms with E-state index >= 15 is 0 Å². The molecule has 1 atom stereocenters. The lowest BCUT2D eigenvalue weighted by Crippen LogP contribution is -3.27. The molecule has 1 fully saturated rings. The summed E-state index contributed by atoms with van der Waals surface area (Å²) in [7, 11) is 3.80. The molecule has 0 unspecified atom stereocenters. The van der Waals surface area contributed by atoms with Crippen LogP contribution >= 0.6 is 11.6 Å². The van der Waals surface area contributed by atoms with Crippen LogP contribution < -0.4 is 19.9 Å². The van der Waals surface area contributed by atoms with Gasteiger partial charge >= 0.3 is 0 Å². The van der Waals surface area contributed by atoms with E-state index in [1.165, 1.54) is 16.0 Å². The topological polar surface area (TPSA) is 47.2 Å². The zero-order chi connectivity index (χ0) is 20.1. The zero-order valence-electron chi connectivity index (χ0n) is 16.8. The van der Waals surface area contributed by atoms with Crippen molar-refractivity contribution in [2.45, 2.75) is 13.0 Å². The van der Waals surface area contributed by atoms with Crippen molar-refractivity contribution < 1.29 is 19.3 Å². The molecule has 3 N–H and O–H groups in total. The smallest absolute Gasteiger partial charge is 0.255 e. The molecule has 2 aromatic carbocycles. The monoisotopic (exact) mass is 403 g/mol. The Hall–Kier alpha value is -2.08. The van der Waals surface area contributed by atoms with Crippen LogP contribution in [0.1, 0.15) is 27.5 Å². The summed E-state index contributed by atoms with van der Waals surface area (Å²) < 4.78 is 5.33. The van der Waals surface area contributed by atoms with Crippen LogP contribution in [0.5, 0.6) is 5.75 Å². The number of carbonyl (C=O) groups excluding carboxylic acids is 1. The summed E-state index contributed by atoms with van der Waals surface area (Å²) in [6, 6.07) is 14.0. The summed E-state index contributed by atoms with van der Waals surface area (Å²) in [5.74, 6) is 0.375. The molecule has 5 nitrogen and oxygen atoms in total. The Morgan fingerprint density at radius 1 is 1.14 bits per heavy atom. The number of carbonyl (C=O) groups is 1. The normalized spacial score (nSPS) is 20.4. The maximum atomic E-state index is 12.8. The fourth-order valence-electron chi connectivity index (χ4n) is 3.79. The summed E-state index contributed by atoms with van der Waals surface area (Å²) in [6.07, 6.45) is 0. The van der Waals surface area contributed by atoms with Crippen LogP contribution in [0.3, 0.4) is 0 Å². The molecule has 6 heteroatoms. The number of methoxy groups -OCH3 is 1. The van der Waals surface area contributed by atoms with Crippen molar-refractivity contribution in [2.24, 2.45) is 0 Å². The Morgan fingerprint density at radius 2 is 1.82 bits per heavy atom. The fraction of sp³-hybridized carbons (Fsp3) is 0.409. The number of ether oxygens (including phenoxy) is 1. The number of quaternary nitrogens is 2. The number of rotatable bonds is 6. The highest BCUT2D eigenvalue weighted by atomic mass is 35.5. The molecule has 2 aromatic rings. The molecule has 0 aliphatic carbocycles. The van der Waals surface area contributed by atoms with Crippen molar-refractivity contribution in [3.05, 3.63) is 64.2 Å². The van der Waals surface area contributed by atoms with Gasteiger partial charge in [0, 0.05) is 10.6 Å². The predicted octanol–water partition coefficient (Wildman–Crippen LogP) is 0.541. The third-order valence-electron chi connectivity index (χ3n) is 5.59. The second-order valence-corrected chi connectivity index (χ2v) is 8.07. The lowest BCUT2D eigenvalue weighted by molar-refractivity contribution is -1.02. The van der Waals surface area contributed by atoms with Crippen LogP contribution in [-0.4, -0.2) is 52.8 Å². The minimum atomic E-state index is -0.157. The Bertz CT molecular complexity index is 802. The van der Waals surface area contributed by atoms with E-state index in [0.717, 1.165) is 26.2 Å². The van der Waals surface area contributed by atoms with Gasteiger partial charge in [0.15, 0.2) is 0 Å². The minimum Gasteiger partial charge on any atom is -0.496 e. The number of likely N-dealkylation sites (N-methyl/N-ethyl adjacent to an activating group) is 1. The van der Waals surface area contributed by atoms with Gasteiger partial charge in [0.1, 0.15) is 38.0 Å². The minimum absolute atomic E-state index is 0.157. The molecule has 1 saturated heterocycles. The van der Waals surface area contributed by atoms with Gasteiger partial charge in [-0.1, -0.05) is 41.4 Å². The molecule has 1 aliphatic heterocycles. The maximum absolute atomic E-state index is 12.8. The van der Waals surface area contributed by atoms with Gasteiger partial charge in [-0.3, -0.25) is 4.79 Å². The maximum Gasteiger partial charge on any atom is 0.255 e. The van der Waals surface area contributed by atoms with Crippen molar-refractivity contribution in [1.29, 1.82) is 0 Å². The van der Waals surface area contributed by atoms with Crippen LogP contribution in [0, 0.1) is 6.92 Å². The number of benzene rings is 2. The average Bonchev–Trinajstić information content (AvgIpc) is 2.70. The standard InChI is InChI=1S/C22H28ClN3O2/c1-16-4-6-17(7-5-16)20(26-12-10-25(2)11-13-26)15-24-22(27)19-14-18(23)8-9-21(19)28-3/h4-9,14,20H,10-13,15H2,1-3H3,(H,24,27)/p+2/t20-/m0/s1. The summed E-state index contributed by atoms with van der Waals surface area (Å²) in [5, 5.41) is 3.64. The molecule has 0 saturated carbocycles. The van der Waals surface area contributed by atoms with Crippen LogP contribution in [-0.2, 0) is 0 Å². The van der Waals surface area contributed by atoms with Crippen molar-refractivity contribution >= 4 is 17.5 Å². The van der Waals surface area contributed by atoms with Gasteiger partial charge in [0.2, 0.25) is 0 Å². The average molecular weight is 404 g/mol. The summed E-state index contributed by atoms with van der Waals surface area (Å²) in [4.78, 5) is 15.9. The molecule has 150 valence electrons.